The molecular formula is C13H17N3O4S. The minimum atomic E-state index is -3.88. The summed E-state index contributed by atoms with van der Waals surface area (Å²) in [7, 11) is -3.88. The van der Waals surface area contributed by atoms with Crippen LogP contribution in [0.15, 0.2) is 23.1 Å². The summed E-state index contributed by atoms with van der Waals surface area (Å²) >= 11 is 0. The highest BCUT2D eigenvalue weighted by atomic mass is 32.2. The highest BCUT2D eigenvalue weighted by molar-refractivity contribution is 7.89. The number of hydrogen-bond acceptors (Lipinski definition) is 5. The van der Waals surface area contributed by atoms with E-state index in [1.807, 2.05) is 0 Å². The van der Waals surface area contributed by atoms with Crippen molar-refractivity contribution in [1.82, 2.24) is 4.31 Å². The number of nitro benzene ring substituents is 1. The van der Waals surface area contributed by atoms with Gasteiger partial charge in [-0.25, -0.2) is 8.42 Å². The summed E-state index contributed by atoms with van der Waals surface area (Å²) in [6.45, 7) is 0.457. The van der Waals surface area contributed by atoms with Gasteiger partial charge in [0.25, 0.3) is 0 Å². The monoisotopic (exact) mass is 311 g/mol. The first-order valence-electron chi connectivity index (χ1n) is 6.96. The smallest absolute Gasteiger partial charge is 0.312 e. The molecule has 8 heteroatoms. The van der Waals surface area contributed by atoms with Gasteiger partial charge in [0.15, 0.2) is 4.90 Å². The quantitative estimate of drug-likeness (QED) is 0.489. The molecule has 2 aliphatic carbocycles. The first-order valence-corrected chi connectivity index (χ1v) is 8.40. The predicted molar refractivity (Wildman–Crippen MR) is 77.1 cm³/mol. The summed E-state index contributed by atoms with van der Waals surface area (Å²) in [5.74, 6) is 0.389. The molecule has 0 aliphatic heterocycles. The Bertz CT molecular complexity index is 681. The van der Waals surface area contributed by atoms with Crippen molar-refractivity contribution < 1.29 is 13.3 Å². The summed E-state index contributed by atoms with van der Waals surface area (Å²) in [6.07, 6.45) is 3.69. The highest BCUT2D eigenvalue weighted by Crippen LogP contribution is 2.40. The molecule has 114 valence electrons. The molecule has 0 atom stereocenters. The van der Waals surface area contributed by atoms with Crippen LogP contribution in [0.3, 0.4) is 0 Å². The first kappa shape index (κ1) is 14.3. The standard InChI is InChI=1S/C13H17N3O4S/c14-11-2-1-3-12(13(11)16(17)18)21(19,20)15(10-6-7-10)8-9-4-5-9/h1-3,9-10H,4-8,14H2. The lowest BCUT2D eigenvalue weighted by molar-refractivity contribution is -0.386. The average molecular weight is 311 g/mol. The third kappa shape index (κ3) is 2.73. The maximum absolute atomic E-state index is 12.8. The summed E-state index contributed by atoms with van der Waals surface area (Å²) < 4.78 is 27.1. The third-order valence-corrected chi connectivity index (χ3v) is 5.84. The first-order chi connectivity index (χ1) is 9.91. The molecule has 2 aliphatic rings. The average Bonchev–Trinajstić information content (AvgIpc) is 3.27. The Kier molecular flexibility index (Phi) is 3.37. The van der Waals surface area contributed by atoms with E-state index < -0.39 is 20.6 Å². The molecule has 21 heavy (non-hydrogen) atoms. The summed E-state index contributed by atoms with van der Waals surface area (Å²) in [5, 5.41) is 11.2. The van der Waals surface area contributed by atoms with Crippen molar-refractivity contribution in [2.45, 2.75) is 36.6 Å². The van der Waals surface area contributed by atoms with Crippen LogP contribution in [-0.4, -0.2) is 30.2 Å². The van der Waals surface area contributed by atoms with Crippen LogP contribution in [0.25, 0.3) is 0 Å². The number of rotatable bonds is 6. The van der Waals surface area contributed by atoms with E-state index >= 15 is 0 Å². The van der Waals surface area contributed by atoms with Crippen molar-refractivity contribution in [2.24, 2.45) is 5.92 Å². The van der Waals surface area contributed by atoms with Crippen LogP contribution in [0.2, 0.25) is 0 Å². The second kappa shape index (κ2) is 4.96. The van der Waals surface area contributed by atoms with Gasteiger partial charge in [-0.3, -0.25) is 10.1 Å². The normalized spacial score (nSPS) is 18.9. The zero-order valence-corrected chi connectivity index (χ0v) is 12.3. The Balaban J connectivity index is 2.04. The molecule has 1 aromatic carbocycles. The number of anilines is 1. The van der Waals surface area contributed by atoms with E-state index in [4.69, 9.17) is 5.73 Å². The number of nitrogens with two attached hydrogens (primary N) is 1. The molecule has 0 radical (unpaired) electrons. The summed E-state index contributed by atoms with van der Waals surface area (Å²) in [5.41, 5.74) is 4.96. The van der Waals surface area contributed by atoms with Gasteiger partial charge >= 0.3 is 5.69 Å². The number of nitrogen functional groups attached to an aromatic ring is 1. The molecule has 0 unspecified atom stereocenters. The molecule has 0 aromatic heterocycles. The lowest BCUT2D eigenvalue weighted by Crippen LogP contribution is -2.35. The molecule has 0 saturated heterocycles. The molecule has 7 nitrogen and oxygen atoms in total. The largest absolute Gasteiger partial charge is 0.393 e. The fourth-order valence-electron chi connectivity index (χ4n) is 2.43. The van der Waals surface area contributed by atoms with Crippen molar-refractivity contribution in [1.29, 1.82) is 0 Å². The molecule has 0 heterocycles. The Hall–Kier alpha value is -1.67. The van der Waals surface area contributed by atoms with Crippen LogP contribution < -0.4 is 5.73 Å². The Labute approximate surface area is 122 Å². The zero-order chi connectivity index (χ0) is 15.2. The molecule has 2 saturated carbocycles. The summed E-state index contributed by atoms with van der Waals surface area (Å²) in [6, 6.07) is 4.04. The number of nitrogens with zero attached hydrogens (tertiary/aromatic N) is 2. The maximum Gasteiger partial charge on any atom is 0.312 e. The second-order valence-electron chi connectivity index (χ2n) is 5.70. The number of hydrogen-bond donors (Lipinski definition) is 1. The minimum Gasteiger partial charge on any atom is -0.393 e. The molecule has 3 rings (SSSR count). The number of nitro groups is 1. The van der Waals surface area contributed by atoms with Crippen LogP contribution in [0.5, 0.6) is 0 Å². The van der Waals surface area contributed by atoms with Gasteiger partial charge < -0.3 is 5.73 Å². The van der Waals surface area contributed by atoms with Crippen molar-refractivity contribution >= 4 is 21.4 Å². The second-order valence-corrected chi connectivity index (χ2v) is 7.56. The maximum atomic E-state index is 12.8. The van der Waals surface area contributed by atoms with E-state index in [1.54, 1.807) is 0 Å². The number of para-hydroxylation sites is 1. The van der Waals surface area contributed by atoms with Gasteiger partial charge in [-0.1, -0.05) is 6.07 Å². The fourth-order valence-corrected chi connectivity index (χ4v) is 4.38. The van der Waals surface area contributed by atoms with Gasteiger partial charge in [0, 0.05) is 12.6 Å². The highest BCUT2D eigenvalue weighted by Gasteiger charge is 2.43. The van der Waals surface area contributed by atoms with Gasteiger partial charge in [0.05, 0.1) is 4.92 Å². The zero-order valence-electron chi connectivity index (χ0n) is 11.4. The predicted octanol–water partition coefficient (Wildman–Crippen LogP) is 1.74. The van der Waals surface area contributed by atoms with Crippen molar-refractivity contribution in [2.75, 3.05) is 12.3 Å². The molecule has 0 bridgehead atoms. The molecule has 2 N–H and O–H groups in total. The van der Waals surface area contributed by atoms with E-state index in [1.165, 1.54) is 22.5 Å². The van der Waals surface area contributed by atoms with E-state index in [0.717, 1.165) is 25.7 Å². The van der Waals surface area contributed by atoms with Crippen molar-refractivity contribution in [3.05, 3.63) is 28.3 Å². The minimum absolute atomic E-state index is 0.0170. The van der Waals surface area contributed by atoms with Crippen molar-refractivity contribution in [3.63, 3.8) is 0 Å². The van der Waals surface area contributed by atoms with Gasteiger partial charge in [-0.15, -0.1) is 0 Å². The molecule has 1 aromatic rings. The lowest BCUT2D eigenvalue weighted by Gasteiger charge is -2.21. The third-order valence-electron chi connectivity index (χ3n) is 3.89. The SMILES string of the molecule is Nc1cccc(S(=O)(=O)N(CC2CC2)C2CC2)c1[N+](=O)[O-]. The topological polar surface area (TPSA) is 107 Å². The number of sulfonamides is 1. The van der Waals surface area contributed by atoms with Crippen LogP contribution in [-0.2, 0) is 10.0 Å². The van der Waals surface area contributed by atoms with Gasteiger partial charge in [0.2, 0.25) is 10.0 Å². The van der Waals surface area contributed by atoms with Gasteiger partial charge in [0.1, 0.15) is 5.69 Å². The van der Waals surface area contributed by atoms with Crippen LogP contribution >= 0.6 is 0 Å². The van der Waals surface area contributed by atoms with E-state index in [2.05, 4.69) is 0 Å². The van der Waals surface area contributed by atoms with E-state index in [0.29, 0.717) is 12.5 Å². The lowest BCUT2D eigenvalue weighted by atomic mass is 10.3. The van der Waals surface area contributed by atoms with Crippen LogP contribution in [0.4, 0.5) is 11.4 Å². The molecule has 0 spiro atoms. The Morgan fingerprint density at radius 2 is 1.95 bits per heavy atom. The summed E-state index contributed by atoms with van der Waals surface area (Å²) in [4.78, 5) is 10.2. The molecule has 2 fully saturated rings. The Morgan fingerprint density at radius 3 is 2.48 bits per heavy atom. The van der Waals surface area contributed by atoms with Crippen LogP contribution in [0, 0.1) is 16.0 Å². The van der Waals surface area contributed by atoms with Gasteiger partial charge in [-0.2, -0.15) is 4.31 Å². The van der Waals surface area contributed by atoms with Crippen LogP contribution in [0.1, 0.15) is 25.7 Å². The van der Waals surface area contributed by atoms with E-state index in [-0.39, 0.29) is 16.6 Å². The van der Waals surface area contributed by atoms with E-state index in [9.17, 15) is 18.5 Å². The van der Waals surface area contributed by atoms with Gasteiger partial charge in [-0.05, 0) is 43.7 Å². The number of benzene rings is 1. The van der Waals surface area contributed by atoms with Crippen molar-refractivity contribution in [3.8, 4) is 0 Å². The molecule has 0 amide bonds. The molecular weight excluding hydrogens is 294 g/mol. The Morgan fingerprint density at radius 1 is 1.29 bits per heavy atom. The fraction of sp³-hybridized carbons (Fsp3) is 0.538.